The van der Waals surface area contributed by atoms with E-state index in [9.17, 15) is 0 Å². The van der Waals surface area contributed by atoms with Gasteiger partial charge in [0.05, 0.1) is 26.2 Å². The molecule has 0 bridgehead atoms. The fourth-order valence-corrected chi connectivity index (χ4v) is 4.09. The van der Waals surface area contributed by atoms with E-state index in [1.54, 1.807) is 0 Å². The first-order valence-electron chi connectivity index (χ1n) is 11.1. The third-order valence-corrected chi connectivity index (χ3v) is 5.73. The standard InChI is InChI=1S/C28H28N4/c1-5-13-25(14-6-1)21-29-30(22-26-15-7-2-8-16-26)32(24-28-19-11-4-12-20-28)31(29)23-27-17-9-3-10-18-27/h1-20H,21-24H2. The number of hydrogen-bond acceptors (Lipinski definition) is 4. The lowest BCUT2D eigenvalue weighted by Crippen LogP contribution is -2.75. The molecule has 0 atom stereocenters. The first-order chi connectivity index (χ1) is 15.9. The van der Waals surface area contributed by atoms with Gasteiger partial charge in [0.25, 0.3) is 0 Å². The van der Waals surface area contributed by atoms with Crippen LogP contribution in [0.3, 0.4) is 0 Å². The van der Waals surface area contributed by atoms with Gasteiger partial charge < -0.3 is 0 Å². The molecular weight excluding hydrogens is 392 g/mol. The maximum Gasteiger partial charge on any atom is 0.0572 e. The van der Waals surface area contributed by atoms with E-state index in [-0.39, 0.29) is 0 Å². The lowest BCUT2D eigenvalue weighted by atomic mass is 10.2. The van der Waals surface area contributed by atoms with Crippen molar-refractivity contribution in [2.24, 2.45) is 0 Å². The molecule has 4 aromatic rings. The van der Waals surface area contributed by atoms with Crippen LogP contribution >= 0.6 is 0 Å². The molecule has 4 nitrogen and oxygen atoms in total. The number of benzene rings is 4. The average Bonchev–Trinajstić information content (AvgIpc) is 2.87. The number of hydrazine groups is 4. The van der Waals surface area contributed by atoms with Crippen molar-refractivity contribution in [1.82, 2.24) is 20.5 Å². The Hall–Kier alpha value is -3.28. The van der Waals surface area contributed by atoms with Gasteiger partial charge in [-0.1, -0.05) is 121 Å². The van der Waals surface area contributed by atoms with Crippen molar-refractivity contribution >= 4 is 0 Å². The first kappa shape index (κ1) is 20.6. The summed E-state index contributed by atoms with van der Waals surface area (Å²) in [6, 6.07) is 42.8. The molecular formula is C28H28N4. The summed E-state index contributed by atoms with van der Waals surface area (Å²) in [6.45, 7) is 3.30. The summed E-state index contributed by atoms with van der Waals surface area (Å²) in [5.41, 5.74) is 5.18. The third kappa shape index (κ3) is 4.79. The molecule has 4 aromatic carbocycles. The van der Waals surface area contributed by atoms with Gasteiger partial charge >= 0.3 is 0 Å². The molecule has 1 aliphatic heterocycles. The third-order valence-electron chi connectivity index (χ3n) is 5.73. The van der Waals surface area contributed by atoms with Gasteiger partial charge in [-0.15, -0.1) is 20.5 Å². The molecule has 0 aliphatic carbocycles. The topological polar surface area (TPSA) is 13.0 Å². The highest BCUT2D eigenvalue weighted by Crippen LogP contribution is 2.31. The van der Waals surface area contributed by atoms with Gasteiger partial charge in [-0.05, 0) is 22.3 Å². The molecule has 0 N–H and O–H groups in total. The van der Waals surface area contributed by atoms with E-state index in [2.05, 4.69) is 142 Å². The van der Waals surface area contributed by atoms with Gasteiger partial charge in [-0.2, -0.15) is 0 Å². The van der Waals surface area contributed by atoms with Crippen LogP contribution in [-0.4, -0.2) is 20.5 Å². The first-order valence-corrected chi connectivity index (χ1v) is 11.1. The zero-order valence-corrected chi connectivity index (χ0v) is 18.2. The van der Waals surface area contributed by atoms with Crippen LogP contribution in [0.4, 0.5) is 0 Å². The van der Waals surface area contributed by atoms with Crippen molar-refractivity contribution in [2.45, 2.75) is 26.2 Å². The summed E-state index contributed by atoms with van der Waals surface area (Å²) >= 11 is 0. The molecule has 32 heavy (non-hydrogen) atoms. The lowest BCUT2D eigenvalue weighted by Gasteiger charge is -2.60. The minimum Gasteiger partial charge on any atom is -0.140 e. The highest BCUT2D eigenvalue weighted by Gasteiger charge is 2.42. The van der Waals surface area contributed by atoms with Crippen molar-refractivity contribution in [3.8, 4) is 0 Å². The number of nitrogens with zero attached hydrogens (tertiary/aromatic N) is 4. The largest absolute Gasteiger partial charge is 0.140 e. The summed E-state index contributed by atoms with van der Waals surface area (Å²) in [4.78, 5) is 0. The van der Waals surface area contributed by atoms with Crippen LogP contribution in [0.25, 0.3) is 0 Å². The van der Waals surface area contributed by atoms with Crippen LogP contribution in [0.5, 0.6) is 0 Å². The summed E-state index contributed by atoms with van der Waals surface area (Å²) in [7, 11) is 0. The molecule has 0 unspecified atom stereocenters. The lowest BCUT2D eigenvalue weighted by molar-refractivity contribution is -0.524. The van der Waals surface area contributed by atoms with Gasteiger partial charge in [0.1, 0.15) is 0 Å². The van der Waals surface area contributed by atoms with Crippen LogP contribution in [0.15, 0.2) is 121 Å². The Morgan fingerprint density at radius 1 is 0.281 bits per heavy atom. The number of rotatable bonds is 8. The van der Waals surface area contributed by atoms with Crippen LogP contribution in [-0.2, 0) is 26.2 Å². The minimum atomic E-state index is 0.825. The molecule has 1 fully saturated rings. The van der Waals surface area contributed by atoms with E-state index in [0.29, 0.717) is 0 Å². The van der Waals surface area contributed by atoms with Gasteiger partial charge in [-0.3, -0.25) is 0 Å². The van der Waals surface area contributed by atoms with Gasteiger partial charge in [-0.25, -0.2) is 0 Å². The van der Waals surface area contributed by atoms with Crippen molar-refractivity contribution < 1.29 is 0 Å². The van der Waals surface area contributed by atoms with Crippen molar-refractivity contribution in [1.29, 1.82) is 0 Å². The van der Waals surface area contributed by atoms with Gasteiger partial charge in [0, 0.05) is 0 Å². The molecule has 1 saturated heterocycles. The average molecular weight is 421 g/mol. The maximum absolute atomic E-state index is 2.36. The molecule has 0 spiro atoms. The molecule has 1 heterocycles. The zero-order chi connectivity index (χ0) is 21.6. The predicted molar refractivity (Wildman–Crippen MR) is 128 cm³/mol. The Morgan fingerprint density at radius 2 is 0.469 bits per heavy atom. The van der Waals surface area contributed by atoms with E-state index in [1.807, 2.05) is 0 Å². The molecule has 1 aliphatic rings. The van der Waals surface area contributed by atoms with E-state index < -0.39 is 0 Å². The SMILES string of the molecule is c1ccc(CN2N(Cc3ccccc3)N(Cc3ccccc3)N2Cc2ccccc2)cc1. The quantitative estimate of drug-likeness (QED) is 0.364. The molecule has 0 radical (unpaired) electrons. The summed E-state index contributed by atoms with van der Waals surface area (Å²) in [6.07, 6.45) is 0. The molecule has 0 amide bonds. The Kier molecular flexibility index (Phi) is 6.37. The second-order valence-electron chi connectivity index (χ2n) is 8.06. The molecule has 0 saturated carbocycles. The van der Waals surface area contributed by atoms with Crippen molar-refractivity contribution in [2.75, 3.05) is 0 Å². The zero-order valence-electron chi connectivity index (χ0n) is 18.2. The van der Waals surface area contributed by atoms with E-state index in [1.165, 1.54) is 22.3 Å². The monoisotopic (exact) mass is 420 g/mol. The van der Waals surface area contributed by atoms with E-state index in [0.717, 1.165) is 26.2 Å². The minimum absolute atomic E-state index is 0.825. The second kappa shape index (κ2) is 9.90. The molecule has 160 valence electrons. The fourth-order valence-electron chi connectivity index (χ4n) is 4.09. The summed E-state index contributed by atoms with van der Waals surface area (Å²) < 4.78 is 0. The van der Waals surface area contributed by atoms with E-state index in [4.69, 9.17) is 0 Å². The highest BCUT2D eigenvalue weighted by atomic mass is 16.3. The highest BCUT2D eigenvalue weighted by molar-refractivity contribution is 5.18. The molecule has 5 rings (SSSR count). The normalized spacial score (nSPS) is 15.5. The Morgan fingerprint density at radius 3 is 0.656 bits per heavy atom. The van der Waals surface area contributed by atoms with Crippen molar-refractivity contribution in [3.63, 3.8) is 0 Å². The van der Waals surface area contributed by atoms with Crippen LogP contribution < -0.4 is 0 Å². The summed E-state index contributed by atoms with van der Waals surface area (Å²) in [5.74, 6) is 0. The van der Waals surface area contributed by atoms with Crippen LogP contribution in [0.1, 0.15) is 22.3 Å². The Bertz CT molecular complexity index is 897. The fraction of sp³-hybridized carbons (Fsp3) is 0.143. The molecule has 4 heteroatoms. The predicted octanol–water partition coefficient (Wildman–Crippen LogP) is 5.67. The van der Waals surface area contributed by atoms with E-state index >= 15 is 0 Å². The Balaban J connectivity index is 1.45. The maximum atomic E-state index is 2.36. The summed E-state index contributed by atoms with van der Waals surface area (Å²) in [5, 5.41) is 9.44. The van der Waals surface area contributed by atoms with Crippen LogP contribution in [0, 0.1) is 0 Å². The molecule has 0 aromatic heterocycles. The number of hydrogen-bond donors (Lipinski definition) is 0. The van der Waals surface area contributed by atoms with Gasteiger partial charge in [0.15, 0.2) is 0 Å². The van der Waals surface area contributed by atoms with Crippen LogP contribution in [0.2, 0.25) is 0 Å². The Labute approximate surface area is 190 Å². The second-order valence-corrected chi connectivity index (χ2v) is 8.06. The smallest absolute Gasteiger partial charge is 0.0572 e. The van der Waals surface area contributed by atoms with Crippen molar-refractivity contribution in [3.05, 3.63) is 144 Å². The van der Waals surface area contributed by atoms with Gasteiger partial charge in [0.2, 0.25) is 0 Å².